The first kappa shape index (κ1) is 35.8. The smallest absolute Gasteiger partial charge is 0.402 e. The van der Waals surface area contributed by atoms with Crippen LogP contribution in [0, 0.1) is 18.2 Å². The van der Waals surface area contributed by atoms with Crippen molar-refractivity contribution in [3.05, 3.63) is 63.0 Å². The number of aromatic nitrogens is 1. The van der Waals surface area contributed by atoms with Crippen molar-refractivity contribution in [1.29, 1.82) is 0 Å². The molecule has 3 atom stereocenters. The average molecular weight is 703 g/mol. The summed E-state index contributed by atoms with van der Waals surface area (Å²) < 4.78 is 93.1. The number of nitrogens with one attached hydrogen (secondary N) is 1. The van der Waals surface area contributed by atoms with E-state index < -0.39 is 73.0 Å². The summed E-state index contributed by atoms with van der Waals surface area (Å²) in [5, 5.41) is 16.5. The van der Waals surface area contributed by atoms with Crippen LogP contribution in [-0.4, -0.2) is 106 Å². The van der Waals surface area contributed by atoms with E-state index in [4.69, 9.17) is 9.73 Å². The number of halogens is 6. The third kappa shape index (κ3) is 7.23. The molecule has 2 aromatic rings. The van der Waals surface area contributed by atoms with Crippen molar-refractivity contribution in [3.63, 3.8) is 0 Å². The van der Waals surface area contributed by atoms with Gasteiger partial charge in [0.25, 0.3) is 5.92 Å². The van der Waals surface area contributed by atoms with Gasteiger partial charge in [-0.05, 0) is 51.3 Å². The predicted molar refractivity (Wildman–Crippen MR) is 164 cm³/mol. The number of fused-ring (bicyclic) bond motifs is 1. The van der Waals surface area contributed by atoms with Gasteiger partial charge in [-0.25, -0.2) is 33.0 Å². The van der Waals surface area contributed by atoms with Crippen molar-refractivity contribution in [2.75, 3.05) is 39.3 Å². The third-order valence-corrected chi connectivity index (χ3v) is 9.67. The predicted octanol–water partition coefficient (Wildman–Crippen LogP) is 4.78. The second kappa shape index (κ2) is 13.4. The monoisotopic (exact) mass is 702 g/mol. The van der Waals surface area contributed by atoms with E-state index in [1.807, 2.05) is 0 Å². The van der Waals surface area contributed by atoms with Gasteiger partial charge in [-0.2, -0.15) is 13.2 Å². The molecule has 2 saturated heterocycles. The van der Waals surface area contributed by atoms with Crippen molar-refractivity contribution < 1.29 is 45.8 Å². The summed E-state index contributed by atoms with van der Waals surface area (Å²) in [5.74, 6) is -5.89. The van der Waals surface area contributed by atoms with Crippen molar-refractivity contribution in [2.45, 2.75) is 64.3 Å². The number of rotatable bonds is 11. The van der Waals surface area contributed by atoms with Gasteiger partial charge in [-0.15, -0.1) is 11.3 Å². The number of benzene rings is 1. The number of amidine groups is 1. The van der Waals surface area contributed by atoms with Crippen molar-refractivity contribution in [3.8, 4) is 0 Å². The quantitative estimate of drug-likeness (QED) is 0.253. The molecule has 4 heterocycles. The molecular formula is C31H36F6N6O4S. The van der Waals surface area contributed by atoms with E-state index >= 15 is 8.78 Å². The lowest BCUT2D eigenvalue weighted by Crippen LogP contribution is -2.52. The fraction of sp³-hybridized carbons (Fsp3) is 0.548. The highest BCUT2D eigenvalue weighted by atomic mass is 32.1. The number of carboxylic acids is 1. The van der Waals surface area contributed by atoms with Gasteiger partial charge in [0.15, 0.2) is 10.8 Å². The lowest BCUT2D eigenvalue weighted by atomic mass is 9.89. The number of ether oxygens (including phenoxy) is 1. The first-order chi connectivity index (χ1) is 22.4. The number of hydrogen-bond acceptors (Lipinski definition) is 10. The van der Waals surface area contributed by atoms with E-state index in [1.165, 1.54) is 55.3 Å². The highest BCUT2D eigenvalue weighted by molar-refractivity contribution is 7.11. The number of aliphatic imine (C=N–C) groups is 1. The first-order valence-electron chi connectivity index (χ1n) is 15.3. The number of carbonyl (C=O) groups excluding carboxylic acids is 1. The minimum Gasteiger partial charge on any atom is -0.481 e. The number of esters is 1. The molecule has 17 heteroatoms. The standard InChI is InChI=1S/C31H36F6N6O4S/c1-5-47-27(44)22-20(39-25(26-38-10-12-48-26)40-23(22)18-7-6-8-19(32)17(18)2)13-41-15-30(33,34)24-21(41)14-42(16-31(35,36)37)43(24)11-9-29(3,4)28(45)46/h6-8,10,12,21,23-24H,5,9,11,13-16H2,1-4H3,(H,39,40)(H,45,46). The number of thiazole rings is 1. The Kier molecular flexibility index (Phi) is 9.98. The summed E-state index contributed by atoms with van der Waals surface area (Å²) >= 11 is 1.22. The molecule has 1 aromatic heterocycles. The van der Waals surface area contributed by atoms with E-state index in [0.29, 0.717) is 10.6 Å². The summed E-state index contributed by atoms with van der Waals surface area (Å²) in [6, 6.07) is 0.353. The lowest BCUT2D eigenvalue weighted by Gasteiger charge is -2.36. The summed E-state index contributed by atoms with van der Waals surface area (Å²) in [5.41, 5.74) is -0.773. The lowest BCUT2D eigenvalue weighted by molar-refractivity contribution is -0.189. The summed E-state index contributed by atoms with van der Waals surface area (Å²) in [6.45, 7) is 2.37. The molecule has 0 aliphatic carbocycles. The number of aliphatic carboxylic acids is 1. The Hall–Kier alpha value is -3.54. The van der Waals surface area contributed by atoms with Gasteiger partial charge in [0.1, 0.15) is 24.4 Å². The second-order valence-corrected chi connectivity index (χ2v) is 13.5. The normalized spacial score (nSPS) is 23.6. The van der Waals surface area contributed by atoms with Crippen LogP contribution in [0.15, 0.2) is 46.0 Å². The minimum absolute atomic E-state index is 0.0337. The SMILES string of the molecule is CCOC(=O)C1=C(CN2CC(F)(F)C3C2CN(CC(F)(F)F)N3CCC(C)(C)C(=O)O)NC(c2nccs2)=NC1c1cccc(F)c1C. The van der Waals surface area contributed by atoms with Gasteiger partial charge in [0.05, 0.1) is 24.1 Å². The zero-order valence-electron chi connectivity index (χ0n) is 26.7. The molecule has 0 spiro atoms. The number of carboxylic acid groups (broad SMARTS) is 1. The van der Waals surface area contributed by atoms with Crippen LogP contribution in [0.3, 0.4) is 0 Å². The number of hydrazine groups is 1. The van der Waals surface area contributed by atoms with Crippen molar-refractivity contribution >= 4 is 29.1 Å². The molecule has 2 N–H and O–H groups in total. The van der Waals surface area contributed by atoms with E-state index in [1.54, 1.807) is 18.4 Å². The zero-order chi connectivity index (χ0) is 35.2. The highest BCUT2D eigenvalue weighted by Crippen LogP contribution is 2.44. The van der Waals surface area contributed by atoms with Gasteiger partial charge in [-0.3, -0.25) is 14.7 Å². The molecule has 262 valence electrons. The Bertz CT molecular complexity index is 1600. The largest absolute Gasteiger partial charge is 0.481 e. The summed E-state index contributed by atoms with van der Waals surface area (Å²) in [6.07, 6.45) is -3.38. The van der Waals surface area contributed by atoms with Gasteiger partial charge >= 0.3 is 18.1 Å². The van der Waals surface area contributed by atoms with E-state index in [2.05, 4.69) is 10.3 Å². The zero-order valence-corrected chi connectivity index (χ0v) is 27.5. The van der Waals surface area contributed by atoms with Crippen LogP contribution >= 0.6 is 11.3 Å². The van der Waals surface area contributed by atoms with Crippen LogP contribution in [0.25, 0.3) is 0 Å². The maximum absolute atomic E-state index is 15.9. The van der Waals surface area contributed by atoms with Gasteiger partial charge in [-0.1, -0.05) is 12.1 Å². The van der Waals surface area contributed by atoms with Gasteiger partial charge in [0, 0.05) is 43.0 Å². The molecule has 0 saturated carbocycles. The number of carbonyl (C=O) groups is 2. The number of hydrogen-bond donors (Lipinski definition) is 2. The van der Waals surface area contributed by atoms with Crippen molar-refractivity contribution in [2.24, 2.45) is 10.4 Å². The Morgan fingerprint density at radius 3 is 2.58 bits per heavy atom. The molecule has 5 rings (SSSR count). The topological polar surface area (TPSA) is 111 Å². The maximum Gasteiger partial charge on any atom is 0.402 e. The van der Waals surface area contributed by atoms with Crippen LogP contribution in [0.4, 0.5) is 26.3 Å². The number of alkyl halides is 5. The highest BCUT2D eigenvalue weighted by Gasteiger charge is 2.62. The van der Waals surface area contributed by atoms with Crippen LogP contribution in [-0.2, 0) is 14.3 Å². The van der Waals surface area contributed by atoms with E-state index in [9.17, 15) is 32.3 Å². The molecule has 2 fully saturated rings. The molecule has 10 nitrogen and oxygen atoms in total. The summed E-state index contributed by atoms with van der Waals surface area (Å²) in [7, 11) is 0. The van der Waals surface area contributed by atoms with Crippen LogP contribution < -0.4 is 5.32 Å². The van der Waals surface area contributed by atoms with E-state index in [-0.39, 0.29) is 48.8 Å². The van der Waals surface area contributed by atoms with Crippen LogP contribution in [0.5, 0.6) is 0 Å². The third-order valence-electron chi connectivity index (χ3n) is 8.89. The molecule has 3 aliphatic rings. The van der Waals surface area contributed by atoms with Gasteiger partial charge in [0.2, 0.25) is 0 Å². The maximum atomic E-state index is 15.9. The number of nitrogens with zero attached hydrogens (tertiary/aromatic N) is 5. The molecule has 0 amide bonds. The second-order valence-electron chi connectivity index (χ2n) is 12.7. The Morgan fingerprint density at radius 2 is 1.96 bits per heavy atom. The minimum atomic E-state index is -4.72. The molecule has 0 radical (unpaired) electrons. The average Bonchev–Trinajstić information content (AvgIpc) is 3.70. The van der Waals surface area contributed by atoms with Crippen molar-refractivity contribution in [1.82, 2.24) is 25.2 Å². The molecule has 3 aliphatic heterocycles. The van der Waals surface area contributed by atoms with Gasteiger partial charge < -0.3 is 15.2 Å². The Morgan fingerprint density at radius 1 is 1.23 bits per heavy atom. The van der Waals surface area contributed by atoms with Crippen LogP contribution in [0.2, 0.25) is 0 Å². The molecule has 0 bridgehead atoms. The molecule has 3 unspecified atom stereocenters. The molecule has 48 heavy (non-hydrogen) atoms. The molecule has 1 aromatic carbocycles. The molecular weight excluding hydrogens is 666 g/mol. The van der Waals surface area contributed by atoms with E-state index in [0.717, 1.165) is 10.0 Å². The first-order valence-corrected chi connectivity index (χ1v) is 16.1. The van der Waals surface area contributed by atoms with Crippen LogP contribution in [0.1, 0.15) is 49.4 Å². The Balaban J connectivity index is 1.56. The Labute approximate surface area is 277 Å². The fourth-order valence-electron chi connectivity index (χ4n) is 6.38. The number of likely N-dealkylation sites (tertiary alicyclic amines) is 1. The fourth-order valence-corrected chi connectivity index (χ4v) is 6.96. The summed E-state index contributed by atoms with van der Waals surface area (Å²) in [4.78, 5) is 35.6.